The van der Waals surface area contributed by atoms with Gasteiger partial charge in [-0.25, -0.2) is 0 Å². The highest BCUT2D eigenvalue weighted by atomic mass is 16.7. The predicted molar refractivity (Wildman–Crippen MR) is 179 cm³/mol. The van der Waals surface area contributed by atoms with Gasteiger partial charge in [-0.15, -0.1) is 0 Å². The maximum absolute atomic E-state index is 9.67. The topological polar surface area (TPSA) is 139 Å². The molecule has 0 aliphatic rings. The summed E-state index contributed by atoms with van der Waals surface area (Å²) in [7, 11) is 10.8. The summed E-state index contributed by atoms with van der Waals surface area (Å²) in [5.74, 6) is 0.683. The number of hydrogen-bond acceptors (Lipinski definition) is 10. The molecule has 0 unspecified atom stereocenters. The van der Waals surface area contributed by atoms with Crippen LogP contribution in [0.5, 0.6) is 11.5 Å². The van der Waals surface area contributed by atoms with Gasteiger partial charge in [0.2, 0.25) is 0 Å². The van der Waals surface area contributed by atoms with E-state index in [2.05, 4.69) is 0 Å². The number of nitriles is 4. The van der Waals surface area contributed by atoms with Gasteiger partial charge in [0.1, 0.15) is 46.9 Å². The van der Waals surface area contributed by atoms with Crippen LogP contribution in [-0.2, 0) is 9.47 Å². The number of benzene rings is 4. The highest BCUT2D eigenvalue weighted by Gasteiger charge is 2.25. The lowest BCUT2D eigenvalue weighted by Crippen LogP contribution is -2.10. The minimum absolute atomic E-state index is 0.113. The Labute approximate surface area is 268 Å². The highest BCUT2D eigenvalue weighted by molar-refractivity contribution is 6.13. The van der Waals surface area contributed by atoms with Gasteiger partial charge in [0, 0.05) is 76.0 Å². The standard InChI is InChI=1S/C36H32N6O4/c1-41(2)29-9-7-25-13-27(11-23(17-37)18-38)35(45-21-43-5)33(31(25)15-29)34-32-16-30(42(3)4)10-8-26(32)14-28(12-24(19-39)20-40)36(34)46-22-44-6/h7-16H,21-22H2,1-6H3. The summed E-state index contributed by atoms with van der Waals surface area (Å²) in [6, 6.07) is 23.4. The van der Waals surface area contributed by atoms with Crippen LogP contribution in [0.3, 0.4) is 0 Å². The Morgan fingerprint density at radius 3 is 1.28 bits per heavy atom. The zero-order valence-corrected chi connectivity index (χ0v) is 26.5. The largest absolute Gasteiger partial charge is 0.466 e. The van der Waals surface area contributed by atoms with Gasteiger partial charge in [-0.2, -0.15) is 21.0 Å². The van der Waals surface area contributed by atoms with E-state index in [-0.39, 0.29) is 24.7 Å². The van der Waals surface area contributed by atoms with Crippen molar-refractivity contribution in [3.05, 3.63) is 70.8 Å². The van der Waals surface area contributed by atoms with Crippen LogP contribution >= 0.6 is 0 Å². The van der Waals surface area contributed by atoms with Gasteiger partial charge in [-0.3, -0.25) is 0 Å². The molecule has 0 bridgehead atoms. The molecule has 0 atom stereocenters. The van der Waals surface area contributed by atoms with Crippen LogP contribution < -0.4 is 19.3 Å². The van der Waals surface area contributed by atoms with Crippen molar-refractivity contribution in [3.8, 4) is 46.9 Å². The lowest BCUT2D eigenvalue weighted by molar-refractivity contribution is 0.0500. The van der Waals surface area contributed by atoms with Crippen LogP contribution in [0, 0.1) is 45.3 Å². The van der Waals surface area contributed by atoms with Gasteiger partial charge in [0.25, 0.3) is 0 Å². The summed E-state index contributed by atoms with van der Waals surface area (Å²) in [5.41, 5.74) is 3.73. The third-order valence-corrected chi connectivity index (χ3v) is 7.22. The smallest absolute Gasteiger partial charge is 0.188 e. The van der Waals surface area contributed by atoms with Gasteiger partial charge in [-0.05, 0) is 70.1 Å². The number of anilines is 2. The van der Waals surface area contributed by atoms with Crippen LogP contribution in [0.1, 0.15) is 11.1 Å². The summed E-state index contributed by atoms with van der Waals surface area (Å²) in [6.45, 7) is -0.272. The number of rotatable bonds is 11. The van der Waals surface area contributed by atoms with Crippen LogP contribution in [0.2, 0.25) is 0 Å². The predicted octanol–water partition coefficient (Wildman–Crippen LogP) is 6.62. The Morgan fingerprint density at radius 2 is 0.978 bits per heavy atom. The fourth-order valence-corrected chi connectivity index (χ4v) is 5.08. The van der Waals surface area contributed by atoms with E-state index in [0.717, 1.165) is 32.9 Å². The van der Waals surface area contributed by atoms with E-state index in [9.17, 15) is 21.0 Å². The molecule has 0 radical (unpaired) electrons. The lowest BCUT2D eigenvalue weighted by atomic mass is 9.87. The van der Waals surface area contributed by atoms with E-state index in [1.807, 2.05) is 111 Å². The van der Waals surface area contributed by atoms with Crippen LogP contribution in [0.15, 0.2) is 59.7 Å². The van der Waals surface area contributed by atoms with Crippen molar-refractivity contribution in [1.82, 2.24) is 0 Å². The number of nitrogens with zero attached hydrogens (tertiary/aromatic N) is 6. The number of methoxy groups -OCH3 is 2. The fourth-order valence-electron chi connectivity index (χ4n) is 5.08. The first kappa shape index (κ1) is 32.9. The average Bonchev–Trinajstić information content (AvgIpc) is 3.06. The van der Waals surface area contributed by atoms with E-state index in [1.54, 1.807) is 0 Å². The van der Waals surface area contributed by atoms with Gasteiger partial charge in [-0.1, -0.05) is 12.1 Å². The zero-order valence-electron chi connectivity index (χ0n) is 26.5. The molecule has 0 heterocycles. The number of allylic oxidation sites excluding steroid dienone is 2. The molecule has 230 valence electrons. The minimum atomic E-state index is -0.136. The molecule has 10 nitrogen and oxygen atoms in total. The quantitative estimate of drug-likeness (QED) is 0.134. The molecule has 0 spiro atoms. The normalized spacial score (nSPS) is 10.2. The van der Waals surface area contributed by atoms with Crippen molar-refractivity contribution in [3.63, 3.8) is 0 Å². The summed E-state index contributed by atoms with van der Waals surface area (Å²) in [6.07, 6.45) is 2.95. The Kier molecular flexibility index (Phi) is 10.4. The second kappa shape index (κ2) is 14.6. The second-order valence-corrected chi connectivity index (χ2v) is 10.6. The van der Waals surface area contributed by atoms with E-state index < -0.39 is 0 Å². The monoisotopic (exact) mass is 612 g/mol. The van der Waals surface area contributed by atoms with Crippen molar-refractivity contribution in [2.75, 3.05) is 65.8 Å². The van der Waals surface area contributed by atoms with Crippen LogP contribution in [-0.4, -0.2) is 56.0 Å². The van der Waals surface area contributed by atoms with Gasteiger partial charge >= 0.3 is 0 Å². The summed E-state index contributed by atoms with van der Waals surface area (Å²) >= 11 is 0. The molecule has 0 amide bonds. The van der Waals surface area contributed by atoms with E-state index in [1.165, 1.54) is 26.4 Å². The lowest BCUT2D eigenvalue weighted by Gasteiger charge is -2.24. The maximum Gasteiger partial charge on any atom is 0.188 e. The third kappa shape index (κ3) is 6.70. The van der Waals surface area contributed by atoms with Crippen molar-refractivity contribution in [2.24, 2.45) is 0 Å². The molecule has 0 aliphatic heterocycles. The van der Waals surface area contributed by atoms with Crippen molar-refractivity contribution in [2.45, 2.75) is 0 Å². The first-order valence-corrected chi connectivity index (χ1v) is 14.0. The number of ether oxygens (including phenoxy) is 4. The SMILES string of the molecule is COCOc1c(C=C(C#N)C#N)cc2ccc(N(C)C)cc2c1-c1c(OCOC)c(C=C(C#N)C#N)cc2ccc(N(C)C)cc12. The van der Waals surface area contributed by atoms with Crippen molar-refractivity contribution in [1.29, 1.82) is 21.0 Å². The Bertz CT molecular complexity index is 1860. The van der Waals surface area contributed by atoms with Gasteiger partial charge in [0.05, 0.1) is 0 Å². The second-order valence-electron chi connectivity index (χ2n) is 10.6. The molecule has 0 aliphatic carbocycles. The highest BCUT2D eigenvalue weighted by Crippen LogP contribution is 2.50. The summed E-state index contributed by atoms with van der Waals surface area (Å²) in [5, 5.41) is 41.9. The van der Waals surface area contributed by atoms with Crippen LogP contribution in [0.25, 0.3) is 44.8 Å². The molecule has 0 fully saturated rings. The van der Waals surface area contributed by atoms with Gasteiger partial charge in [0.15, 0.2) is 13.6 Å². The van der Waals surface area contributed by atoms with E-state index in [0.29, 0.717) is 33.8 Å². The Balaban J connectivity index is 2.39. The van der Waals surface area contributed by atoms with Crippen molar-refractivity contribution < 1.29 is 18.9 Å². The van der Waals surface area contributed by atoms with E-state index in [4.69, 9.17) is 18.9 Å². The first-order chi connectivity index (χ1) is 22.2. The number of fused-ring (bicyclic) bond motifs is 2. The van der Waals surface area contributed by atoms with Crippen molar-refractivity contribution >= 4 is 45.1 Å². The zero-order chi connectivity index (χ0) is 33.4. The summed E-state index contributed by atoms with van der Waals surface area (Å²) < 4.78 is 23.3. The molecule has 46 heavy (non-hydrogen) atoms. The third-order valence-electron chi connectivity index (χ3n) is 7.22. The molecule has 4 aromatic rings. The molecule has 0 saturated heterocycles. The van der Waals surface area contributed by atoms with Crippen LogP contribution in [0.4, 0.5) is 11.4 Å². The molecule has 0 N–H and O–H groups in total. The van der Waals surface area contributed by atoms with Gasteiger partial charge < -0.3 is 28.7 Å². The molecule has 4 rings (SSSR count). The maximum atomic E-state index is 9.67. The molecule has 10 heteroatoms. The number of hydrogen-bond donors (Lipinski definition) is 0. The Hall–Kier alpha value is -6.04. The first-order valence-electron chi connectivity index (χ1n) is 14.0. The fraction of sp³-hybridized carbons (Fsp3) is 0.222. The molecule has 4 aromatic carbocycles. The summed E-state index contributed by atoms with van der Waals surface area (Å²) in [4.78, 5) is 3.96. The molecular formula is C36H32N6O4. The minimum Gasteiger partial charge on any atom is -0.466 e. The molecule has 0 saturated carbocycles. The Morgan fingerprint density at radius 1 is 0.609 bits per heavy atom. The molecule has 0 aromatic heterocycles. The molecular weight excluding hydrogens is 580 g/mol. The average molecular weight is 613 g/mol. The van der Waals surface area contributed by atoms with E-state index >= 15 is 0 Å².